The third-order valence-electron chi connectivity index (χ3n) is 6.35. The van der Waals surface area contributed by atoms with Crippen molar-refractivity contribution in [2.45, 2.75) is 82.5 Å². The molecular weight excluding hydrogens is 496 g/mol. The Hall–Kier alpha value is -2.59. The van der Waals surface area contributed by atoms with Gasteiger partial charge < -0.3 is 25.2 Å². The summed E-state index contributed by atoms with van der Waals surface area (Å²) in [5, 5.41) is 14.4. The lowest BCUT2D eigenvalue weighted by Crippen LogP contribution is -2.61. The number of rotatable bonds is 14. The van der Waals surface area contributed by atoms with Crippen LogP contribution >= 0.6 is 11.8 Å². The van der Waals surface area contributed by atoms with Gasteiger partial charge in [-0.05, 0) is 42.9 Å². The summed E-state index contributed by atoms with van der Waals surface area (Å²) in [5.74, 6) is -1.42. The van der Waals surface area contributed by atoms with Gasteiger partial charge in [0.1, 0.15) is 23.9 Å². The van der Waals surface area contributed by atoms with Gasteiger partial charge in [-0.3, -0.25) is 14.4 Å². The number of ether oxygens (including phenoxy) is 2. The van der Waals surface area contributed by atoms with Gasteiger partial charge in [-0.25, -0.2) is 4.79 Å². The van der Waals surface area contributed by atoms with Crippen molar-refractivity contribution < 1.29 is 33.8 Å². The van der Waals surface area contributed by atoms with Crippen molar-refractivity contribution in [1.82, 2.24) is 10.6 Å². The summed E-state index contributed by atoms with van der Waals surface area (Å²) >= 11 is 0.910. The second-order valence-electron chi connectivity index (χ2n) is 9.78. The first kappa shape index (κ1) is 30.6. The third kappa shape index (κ3) is 9.34. The zero-order valence-corrected chi connectivity index (χ0v) is 23.0. The van der Waals surface area contributed by atoms with E-state index in [0.29, 0.717) is 19.3 Å². The van der Waals surface area contributed by atoms with Gasteiger partial charge in [0.2, 0.25) is 16.9 Å². The minimum atomic E-state index is -1.17. The van der Waals surface area contributed by atoms with Crippen molar-refractivity contribution in [1.29, 1.82) is 0 Å². The Morgan fingerprint density at radius 3 is 2.32 bits per heavy atom. The maximum Gasteiger partial charge on any atom is 0.328 e. The molecule has 0 aromatic heterocycles. The van der Waals surface area contributed by atoms with Crippen molar-refractivity contribution in [3.63, 3.8) is 0 Å². The van der Waals surface area contributed by atoms with E-state index in [9.17, 15) is 24.3 Å². The highest BCUT2D eigenvalue weighted by atomic mass is 32.2. The van der Waals surface area contributed by atoms with Crippen LogP contribution in [-0.2, 0) is 35.1 Å². The number of phenolic OH excluding ortho intramolecular Hbond substituents is 1. The van der Waals surface area contributed by atoms with Crippen LogP contribution in [0.3, 0.4) is 0 Å². The number of esters is 1. The van der Waals surface area contributed by atoms with Gasteiger partial charge in [0.25, 0.3) is 0 Å². The number of thioether (sulfide) groups is 1. The van der Waals surface area contributed by atoms with E-state index < -0.39 is 28.7 Å². The van der Waals surface area contributed by atoms with Crippen molar-refractivity contribution in [3.8, 4) is 5.75 Å². The summed E-state index contributed by atoms with van der Waals surface area (Å²) in [6.45, 7) is 5.83. The predicted molar refractivity (Wildman–Crippen MR) is 142 cm³/mol. The number of nitrogens with one attached hydrogen (secondary N) is 2. The molecule has 0 radical (unpaired) electrons. The topological polar surface area (TPSA) is 131 Å². The molecular formula is C27H40N2O7S. The Kier molecular flexibility index (Phi) is 12.4. The standard InChI is InChI=1S/C27H40N2O7S/c1-5-6-15-36-25(33)21(16-19-9-11-20(30)12-10-19)28-26(34)27(13-7-8-14-27)29-24(32)23(18(2)3)37-22(31)17-35-4/h9-12,18,21,23,30H,5-8,13-17H2,1-4H3,(H,28,34)(H,29,32)/t21-,23+/m0/s1. The lowest BCUT2D eigenvalue weighted by Gasteiger charge is -2.33. The number of phenols is 1. The second kappa shape index (κ2) is 15.0. The summed E-state index contributed by atoms with van der Waals surface area (Å²) in [6, 6.07) is 5.44. The number of hydrogen-bond acceptors (Lipinski definition) is 8. The quantitative estimate of drug-likeness (QED) is 0.244. The van der Waals surface area contributed by atoms with E-state index in [4.69, 9.17) is 9.47 Å². The van der Waals surface area contributed by atoms with Crippen LogP contribution in [0.2, 0.25) is 0 Å². The highest BCUT2D eigenvalue weighted by molar-refractivity contribution is 8.14. The molecule has 1 aromatic carbocycles. The van der Waals surface area contributed by atoms with Crippen LogP contribution < -0.4 is 10.6 Å². The Morgan fingerprint density at radius 2 is 1.76 bits per heavy atom. The molecule has 1 fully saturated rings. The van der Waals surface area contributed by atoms with Crippen LogP contribution in [0, 0.1) is 5.92 Å². The molecule has 1 aliphatic carbocycles. The average molecular weight is 537 g/mol. The van der Waals surface area contributed by atoms with Gasteiger partial charge in [-0.15, -0.1) is 0 Å². The number of amides is 2. The maximum atomic E-state index is 13.6. The first-order chi connectivity index (χ1) is 17.6. The van der Waals surface area contributed by atoms with E-state index in [2.05, 4.69) is 10.6 Å². The fraction of sp³-hybridized carbons (Fsp3) is 0.630. The van der Waals surface area contributed by atoms with Gasteiger partial charge in [0.15, 0.2) is 0 Å². The summed E-state index contributed by atoms with van der Waals surface area (Å²) < 4.78 is 10.3. The first-order valence-electron chi connectivity index (χ1n) is 12.9. The smallest absolute Gasteiger partial charge is 0.328 e. The maximum absolute atomic E-state index is 13.6. The molecule has 0 aliphatic heterocycles. The summed E-state index contributed by atoms with van der Waals surface area (Å²) in [4.78, 5) is 52.0. The van der Waals surface area contributed by atoms with E-state index >= 15 is 0 Å². The monoisotopic (exact) mass is 536 g/mol. The molecule has 0 bridgehead atoms. The predicted octanol–water partition coefficient (Wildman–Crippen LogP) is 3.12. The fourth-order valence-corrected chi connectivity index (χ4v) is 5.16. The van der Waals surface area contributed by atoms with Crippen molar-refractivity contribution in [2.75, 3.05) is 20.3 Å². The van der Waals surface area contributed by atoms with Gasteiger partial charge in [-0.2, -0.15) is 0 Å². The number of benzene rings is 1. The first-order valence-corrected chi connectivity index (χ1v) is 13.8. The zero-order chi connectivity index (χ0) is 27.4. The van der Waals surface area contributed by atoms with Crippen LogP contribution in [0.15, 0.2) is 24.3 Å². The molecule has 2 rings (SSSR count). The van der Waals surface area contributed by atoms with Crippen LogP contribution in [0.4, 0.5) is 0 Å². The molecule has 9 nitrogen and oxygen atoms in total. The lowest BCUT2D eigenvalue weighted by molar-refractivity contribution is -0.149. The minimum absolute atomic E-state index is 0.101. The fourth-order valence-electron chi connectivity index (χ4n) is 4.26. The molecule has 2 atom stereocenters. The molecule has 0 spiro atoms. The van der Waals surface area contributed by atoms with Crippen molar-refractivity contribution in [3.05, 3.63) is 29.8 Å². The Bertz CT molecular complexity index is 914. The summed E-state index contributed by atoms with van der Waals surface area (Å²) in [5.41, 5.74) is -0.431. The van der Waals surface area contributed by atoms with Crippen molar-refractivity contribution >= 4 is 34.7 Å². The summed E-state index contributed by atoms with van der Waals surface area (Å²) in [6.07, 6.45) is 4.11. The molecule has 1 aromatic rings. The Labute approximate surface area is 223 Å². The highest BCUT2D eigenvalue weighted by Gasteiger charge is 2.45. The van der Waals surface area contributed by atoms with Crippen molar-refractivity contribution in [2.24, 2.45) is 5.92 Å². The van der Waals surface area contributed by atoms with Gasteiger partial charge in [0, 0.05) is 13.5 Å². The van der Waals surface area contributed by atoms with Gasteiger partial charge in [0.05, 0.1) is 11.9 Å². The van der Waals surface area contributed by atoms with E-state index in [1.165, 1.54) is 19.2 Å². The molecule has 1 aliphatic rings. The van der Waals surface area contributed by atoms with E-state index in [1.807, 2.05) is 20.8 Å². The third-order valence-corrected chi connectivity index (χ3v) is 7.74. The lowest BCUT2D eigenvalue weighted by atomic mass is 9.94. The average Bonchev–Trinajstić information content (AvgIpc) is 3.33. The number of methoxy groups -OCH3 is 1. The molecule has 206 valence electrons. The largest absolute Gasteiger partial charge is 0.508 e. The number of aromatic hydroxyl groups is 1. The van der Waals surface area contributed by atoms with Crippen LogP contribution in [0.5, 0.6) is 5.75 Å². The van der Waals surface area contributed by atoms with E-state index in [1.54, 1.807) is 12.1 Å². The molecule has 0 saturated heterocycles. The minimum Gasteiger partial charge on any atom is -0.508 e. The Balaban J connectivity index is 2.21. The normalized spacial score (nSPS) is 16.1. The molecule has 0 heterocycles. The van der Waals surface area contributed by atoms with Crippen LogP contribution in [0.25, 0.3) is 0 Å². The van der Waals surface area contributed by atoms with Gasteiger partial charge >= 0.3 is 5.97 Å². The van der Waals surface area contributed by atoms with Crippen LogP contribution in [0.1, 0.15) is 64.9 Å². The highest BCUT2D eigenvalue weighted by Crippen LogP contribution is 2.32. The molecule has 2 amide bonds. The SMILES string of the molecule is CCCCOC(=O)[C@H](Cc1ccc(O)cc1)NC(=O)C1(NC(=O)[C@H](SC(=O)COC)C(C)C)CCCC1. The molecule has 37 heavy (non-hydrogen) atoms. The number of hydrogen-bond donors (Lipinski definition) is 3. The molecule has 3 N–H and O–H groups in total. The molecule has 10 heteroatoms. The van der Waals surface area contributed by atoms with Crippen LogP contribution in [-0.4, -0.2) is 65.2 Å². The molecule has 0 unspecified atom stereocenters. The van der Waals surface area contributed by atoms with E-state index in [0.717, 1.165) is 36.6 Å². The molecule has 1 saturated carbocycles. The van der Waals surface area contributed by atoms with E-state index in [-0.39, 0.29) is 42.3 Å². The number of carbonyl (C=O) groups excluding carboxylic acids is 4. The second-order valence-corrected chi connectivity index (χ2v) is 11.0. The zero-order valence-electron chi connectivity index (χ0n) is 22.2. The number of carbonyl (C=O) groups is 4. The number of unbranched alkanes of at least 4 members (excludes halogenated alkanes) is 1. The van der Waals surface area contributed by atoms with Gasteiger partial charge in [-0.1, -0.05) is 63.9 Å². The summed E-state index contributed by atoms with van der Waals surface area (Å²) in [7, 11) is 1.42. The Morgan fingerprint density at radius 1 is 1.11 bits per heavy atom.